The van der Waals surface area contributed by atoms with Gasteiger partial charge >= 0.3 is 5.97 Å². The van der Waals surface area contributed by atoms with E-state index in [1.165, 1.54) is 18.4 Å². The summed E-state index contributed by atoms with van der Waals surface area (Å²) in [7, 11) is 0. The molecule has 1 aliphatic carbocycles. The van der Waals surface area contributed by atoms with E-state index in [-0.39, 0.29) is 23.2 Å². The van der Waals surface area contributed by atoms with Crippen molar-refractivity contribution in [2.45, 2.75) is 45.6 Å². The van der Waals surface area contributed by atoms with E-state index in [0.717, 1.165) is 24.8 Å². The first-order valence-electron chi connectivity index (χ1n) is 9.93. The highest BCUT2D eigenvalue weighted by atomic mass is 35.5. The third-order valence-electron chi connectivity index (χ3n) is 4.93. The first-order valence-corrected chi connectivity index (χ1v) is 10.3. The zero-order chi connectivity index (χ0) is 20.6. The lowest BCUT2D eigenvalue weighted by molar-refractivity contribution is -0.124. The van der Waals surface area contributed by atoms with Gasteiger partial charge < -0.3 is 10.1 Å². The molecule has 0 aliphatic heterocycles. The first-order chi connectivity index (χ1) is 14.0. The predicted octanol–water partition coefficient (Wildman–Crippen LogP) is 4.06. The second-order valence-corrected chi connectivity index (χ2v) is 7.54. The van der Waals surface area contributed by atoms with Gasteiger partial charge in [0.25, 0.3) is 5.91 Å². The van der Waals surface area contributed by atoms with E-state index in [9.17, 15) is 9.59 Å². The molecule has 1 N–H and O–H groups in total. The van der Waals surface area contributed by atoms with Gasteiger partial charge in [-0.3, -0.25) is 4.79 Å². The van der Waals surface area contributed by atoms with Gasteiger partial charge in [0.2, 0.25) is 0 Å². The molecule has 1 amide bonds. The number of carbonyl (C=O) groups excluding carboxylic acids is 2. The Morgan fingerprint density at radius 2 is 2.03 bits per heavy atom. The summed E-state index contributed by atoms with van der Waals surface area (Å²) in [5, 5.41) is 7.33. The fraction of sp³-hybridized carbons (Fsp3) is 0.409. The van der Waals surface area contributed by atoms with Crippen molar-refractivity contribution >= 4 is 23.5 Å². The number of halogens is 1. The van der Waals surface area contributed by atoms with Crippen LogP contribution in [0, 0.1) is 6.92 Å². The maximum Gasteiger partial charge on any atom is 0.343 e. The zero-order valence-corrected chi connectivity index (χ0v) is 17.4. The van der Waals surface area contributed by atoms with Gasteiger partial charge in [-0.15, -0.1) is 0 Å². The monoisotopic (exact) mass is 415 g/mol. The van der Waals surface area contributed by atoms with Gasteiger partial charge in [-0.2, -0.15) is 5.10 Å². The van der Waals surface area contributed by atoms with Gasteiger partial charge in [-0.05, 0) is 44.6 Å². The van der Waals surface area contributed by atoms with E-state index in [0.29, 0.717) is 18.8 Å². The van der Waals surface area contributed by atoms with Crippen LogP contribution in [0.2, 0.25) is 5.15 Å². The molecule has 154 valence electrons. The minimum absolute atomic E-state index is 0.197. The van der Waals surface area contributed by atoms with Crippen molar-refractivity contribution in [2.75, 3.05) is 13.2 Å². The molecular formula is C22H26ClN3O3. The van der Waals surface area contributed by atoms with Crippen LogP contribution in [0.5, 0.6) is 0 Å². The van der Waals surface area contributed by atoms with Crippen molar-refractivity contribution in [3.8, 4) is 0 Å². The molecule has 0 saturated heterocycles. The molecule has 0 saturated carbocycles. The van der Waals surface area contributed by atoms with Crippen molar-refractivity contribution < 1.29 is 14.3 Å². The maximum atomic E-state index is 12.4. The zero-order valence-electron chi connectivity index (χ0n) is 16.6. The van der Waals surface area contributed by atoms with Crippen LogP contribution in [0.25, 0.3) is 0 Å². The molecule has 0 fully saturated rings. The van der Waals surface area contributed by atoms with E-state index >= 15 is 0 Å². The Kier molecular flexibility index (Phi) is 7.47. The number of aromatic nitrogens is 2. The number of ether oxygens (including phenoxy) is 1. The van der Waals surface area contributed by atoms with Crippen molar-refractivity contribution in [3.63, 3.8) is 0 Å². The number of allylic oxidation sites excluding steroid dienone is 1. The van der Waals surface area contributed by atoms with Gasteiger partial charge in [0, 0.05) is 6.54 Å². The van der Waals surface area contributed by atoms with Crippen LogP contribution >= 0.6 is 11.6 Å². The van der Waals surface area contributed by atoms with Gasteiger partial charge in [-0.1, -0.05) is 53.6 Å². The summed E-state index contributed by atoms with van der Waals surface area (Å²) in [6, 6.07) is 9.70. The Morgan fingerprint density at radius 1 is 1.24 bits per heavy atom. The average molecular weight is 416 g/mol. The molecule has 2 aromatic rings. The number of amides is 1. The average Bonchev–Trinajstić information content (AvgIpc) is 3.01. The summed E-state index contributed by atoms with van der Waals surface area (Å²) >= 11 is 6.35. The van der Waals surface area contributed by atoms with Crippen LogP contribution in [0.15, 0.2) is 42.0 Å². The third kappa shape index (κ3) is 5.94. The van der Waals surface area contributed by atoms with Gasteiger partial charge in [0.05, 0.1) is 12.2 Å². The molecule has 0 atom stereocenters. The van der Waals surface area contributed by atoms with Crippen LogP contribution in [-0.2, 0) is 16.1 Å². The number of benzene rings is 1. The fourth-order valence-corrected chi connectivity index (χ4v) is 3.71. The summed E-state index contributed by atoms with van der Waals surface area (Å²) in [5.74, 6) is -0.961. The number of hydrogen-bond acceptors (Lipinski definition) is 4. The smallest absolute Gasteiger partial charge is 0.343 e. The standard InChI is InChI=1S/C22H26ClN3O3/c1-16-20(21(23)26(25-16)14-18-10-6-3-7-11-18)22(28)29-15-19(27)24-13-12-17-8-4-2-5-9-17/h3,6-8,10-11H,2,4-5,9,12-15H2,1H3,(H,24,27). The summed E-state index contributed by atoms with van der Waals surface area (Å²) in [6.07, 6.45) is 7.80. The van der Waals surface area contributed by atoms with Crippen molar-refractivity contribution in [2.24, 2.45) is 0 Å². The van der Waals surface area contributed by atoms with Gasteiger partial charge in [0.1, 0.15) is 10.7 Å². The molecule has 29 heavy (non-hydrogen) atoms. The molecule has 1 aliphatic rings. The lowest BCUT2D eigenvalue weighted by Gasteiger charge is -2.13. The number of nitrogens with one attached hydrogen (secondary N) is 1. The highest BCUT2D eigenvalue weighted by Crippen LogP contribution is 2.22. The van der Waals surface area contributed by atoms with Crippen molar-refractivity contribution in [3.05, 3.63) is 64.0 Å². The maximum absolute atomic E-state index is 12.4. The molecule has 0 spiro atoms. The van der Waals surface area contributed by atoms with Crippen LogP contribution in [-0.4, -0.2) is 34.8 Å². The number of rotatable bonds is 8. The Morgan fingerprint density at radius 3 is 2.76 bits per heavy atom. The molecule has 1 aromatic carbocycles. The van der Waals surface area contributed by atoms with E-state index < -0.39 is 5.97 Å². The lowest BCUT2D eigenvalue weighted by atomic mass is 9.97. The van der Waals surface area contributed by atoms with Gasteiger partial charge in [0.15, 0.2) is 6.61 Å². The summed E-state index contributed by atoms with van der Waals surface area (Å²) in [5.41, 5.74) is 3.08. The molecule has 0 unspecified atom stereocenters. The molecule has 0 bridgehead atoms. The molecule has 3 rings (SSSR count). The second-order valence-electron chi connectivity index (χ2n) is 7.18. The summed E-state index contributed by atoms with van der Waals surface area (Å²) < 4.78 is 6.71. The quantitative estimate of drug-likeness (QED) is 0.521. The number of carbonyl (C=O) groups is 2. The van der Waals surface area contributed by atoms with E-state index in [4.69, 9.17) is 16.3 Å². The SMILES string of the molecule is Cc1nn(Cc2ccccc2)c(Cl)c1C(=O)OCC(=O)NCCC1=CCCCC1. The fourth-order valence-electron chi connectivity index (χ4n) is 3.39. The highest BCUT2D eigenvalue weighted by Gasteiger charge is 2.22. The first kappa shape index (κ1) is 21.1. The van der Waals surface area contributed by atoms with Crippen LogP contribution in [0.4, 0.5) is 0 Å². The molecule has 6 nitrogen and oxygen atoms in total. The van der Waals surface area contributed by atoms with E-state index in [1.807, 2.05) is 30.3 Å². The van der Waals surface area contributed by atoms with E-state index in [1.54, 1.807) is 11.6 Å². The minimum Gasteiger partial charge on any atom is -0.452 e. The second kappa shape index (κ2) is 10.3. The van der Waals surface area contributed by atoms with Crippen molar-refractivity contribution in [1.29, 1.82) is 0 Å². The Bertz CT molecular complexity index is 890. The molecule has 1 heterocycles. The molecular weight excluding hydrogens is 390 g/mol. The number of aryl methyl sites for hydroxylation is 1. The van der Waals surface area contributed by atoms with Crippen LogP contribution in [0.1, 0.15) is 53.7 Å². The number of esters is 1. The predicted molar refractivity (Wildman–Crippen MR) is 112 cm³/mol. The van der Waals surface area contributed by atoms with Gasteiger partial charge in [-0.25, -0.2) is 9.48 Å². The van der Waals surface area contributed by atoms with Crippen LogP contribution < -0.4 is 5.32 Å². The largest absolute Gasteiger partial charge is 0.452 e. The lowest BCUT2D eigenvalue weighted by Crippen LogP contribution is -2.30. The van der Waals surface area contributed by atoms with E-state index in [2.05, 4.69) is 16.5 Å². The van der Waals surface area contributed by atoms with Crippen molar-refractivity contribution in [1.82, 2.24) is 15.1 Å². The Hall–Kier alpha value is -2.60. The summed E-state index contributed by atoms with van der Waals surface area (Å²) in [6.45, 7) is 2.36. The summed E-state index contributed by atoms with van der Waals surface area (Å²) in [4.78, 5) is 24.4. The molecule has 1 aromatic heterocycles. The minimum atomic E-state index is -0.642. The molecule has 7 heteroatoms. The Labute approximate surface area is 175 Å². The number of hydrogen-bond donors (Lipinski definition) is 1. The van der Waals surface area contributed by atoms with Crippen LogP contribution in [0.3, 0.4) is 0 Å². The highest BCUT2D eigenvalue weighted by molar-refractivity contribution is 6.32. The molecule has 0 radical (unpaired) electrons. The normalized spacial score (nSPS) is 13.7. The Balaban J connectivity index is 1.50. The third-order valence-corrected chi connectivity index (χ3v) is 5.32. The number of nitrogens with zero attached hydrogens (tertiary/aromatic N) is 2. The topological polar surface area (TPSA) is 73.2 Å².